The maximum atomic E-state index is 14.1. The van der Waals surface area contributed by atoms with Gasteiger partial charge in [0.1, 0.15) is 11.7 Å². The van der Waals surface area contributed by atoms with Crippen molar-refractivity contribution >= 4 is 10.9 Å². The molecule has 3 aromatic rings. The van der Waals surface area contributed by atoms with Crippen LogP contribution in [-0.4, -0.2) is 89.0 Å². The van der Waals surface area contributed by atoms with Gasteiger partial charge in [-0.25, -0.2) is 28.7 Å². The smallest absolute Gasteiger partial charge is 0.395 e. The van der Waals surface area contributed by atoms with Crippen LogP contribution in [0.3, 0.4) is 0 Å². The average Bonchev–Trinajstić information content (AvgIpc) is 3.41. The van der Waals surface area contributed by atoms with Crippen molar-refractivity contribution < 1.29 is 51.5 Å². The van der Waals surface area contributed by atoms with E-state index in [0.29, 0.717) is 12.1 Å². The number of thiol groups is 1. The number of aliphatic hydroxyl groups excluding tert-OH is 3. The summed E-state index contributed by atoms with van der Waals surface area (Å²) in [5.41, 5.74) is -3.54. The van der Waals surface area contributed by atoms with Crippen LogP contribution in [0.15, 0.2) is 36.7 Å². The van der Waals surface area contributed by atoms with Crippen molar-refractivity contribution in [2.75, 3.05) is 25.6 Å². The van der Waals surface area contributed by atoms with E-state index in [0.717, 1.165) is 23.0 Å². The molecule has 1 unspecified atom stereocenters. The number of rotatable bonds is 6. The van der Waals surface area contributed by atoms with Crippen molar-refractivity contribution in [3.8, 4) is 11.3 Å². The zero-order valence-electron chi connectivity index (χ0n) is 21.8. The molecule has 4 heterocycles. The van der Waals surface area contributed by atoms with E-state index in [9.17, 15) is 46.8 Å². The Labute approximate surface area is 238 Å². The van der Waals surface area contributed by atoms with Crippen LogP contribution in [0, 0.1) is 17.5 Å². The number of aromatic nitrogens is 4. The Morgan fingerprint density at radius 2 is 1.79 bits per heavy atom. The van der Waals surface area contributed by atoms with E-state index in [4.69, 9.17) is 4.74 Å². The number of halogens is 6. The molecule has 4 N–H and O–H groups in total. The minimum absolute atomic E-state index is 0.0324. The van der Waals surface area contributed by atoms with Gasteiger partial charge in [-0.15, -0.1) is 5.10 Å². The third-order valence-electron chi connectivity index (χ3n) is 7.85. The molecule has 2 saturated heterocycles. The fourth-order valence-corrected chi connectivity index (χ4v) is 9.49. The molecule has 6 atom stereocenters. The van der Waals surface area contributed by atoms with Gasteiger partial charge in [0.25, 0.3) is 0 Å². The van der Waals surface area contributed by atoms with Crippen LogP contribution < -0.4 is 0 Å². The van der Waals surface area contributed by atoms with E-state index >= 15 is 0 Å². The van der Waals surface area contributed by atoms with Gasteiger partial charge in [0.15, 0.2) is 17.5 Å². The first-order valence-electron chi connectivity index (χ1n) is 13.0. The highest BCUT2D eigenvalue weighted by Crippen LogP contribution is 2.60. The lowest BCUT2D eigenvalue weighted by Crippen LogP contribution is -2.53. The highest BCUT2D eigenvalue weighted by atomic mass is 32.2. The van der Waals surface area contributed by atoms with Crippen LogP contribution in [0.4, 0.5) is 26.3 Å². The summed E-state index contributed by atoms with van der Waals surface area (Å²) < 4.78 is 89.7. The second-order valence-electron chi connectivity index (χ2n) is 10.4. The SMILES string of the molecule is OC[C@@H]1[C@H](O)[C@@H](n2cc(-c3cc(F)c(F)c(F)c3)nn2)[C@@H](O)C[SH]1[C@H](c1ncccc1C(F)(F)F)C1(O)CCOCC1. The predicted octanol–water partition coefficient (Wildman–Crippen LogP) is 2.70. The van der Waals surface area contributed by atoms with Gasteiger partial charge in [-0.1, -0.05) is 5.21 Å². The number of pyridine rings is 1. The van der Waals surface area contributed by atoms with Crippen molar-refractivity contribution in [3.63, 3.8) is 0 Å². The maximum Gasteiger partial charge on any atom is 0.418 e. The van der Waals surface area contributed by atoms with Gasteiger partial charge in [0.05, 0.1) is 47.1 Å². The van der Waals surface area contributed by atoms with Gasteiger partial charge in [-0.05, 0) is 24.3 Å². The summed E-state index contributed by atoms with van der Waals surface area (Å²) >= 11 is 0. The Kier molecular flexibility index (Phi) is 8.57. The number of hydrogen-bond donors (Lipinski definition) is 5. The Bertz CT molecular complexity index is 1400. The first kappa shape index (κ1) is 30.7. The van der Waals surface area contributed by atoms with E-state index < -0.39 is 86.7 Å². The largest absolute Gasteiger partial charge is 0.418 e. The summed E-state index contributed by atoms with van der Waals surface area (Å²) in [7, 11) is -1.98. The molecule has 0 bridgehead atoms. The molecule has 0 aliphatic carbocycles. The highest BCUT2D eigenvalue weighted by Gasteiger charge is 2.53. The average molecular weight is 623 g/mol. The normalized spacial score (nSPS) is 28.0. The van der Waals surface area contributed by atoms with Crippen molar-refractivity contribution in [2.45, 2.75) is 53.4 Å². The van der Waals surface area contributed by atoms with Gasteiger partial charge in [0, 0.05) is 48.8 Å². The van der Waals surface area contributed by atoms with Crippen molar-refractivity contribution in [1.29, 1.82) is 0 Å². The molecule has 0 amide bonds. The summed E-state index contributed by atoms with van der Waals surface area (Å²) in [5, 5.41) is 50.1. The number of ether oxygens (including phenoxy) is 1. The van der Waals surface area contributed by atoms with E-state index in [-0.39, 0.29) is 43.1 Å². The predicted molar refractivity (Wildman–Crippen MR) is 138 cm³/mol. The van der Waals surface area contributed by atoms with Crippen LogP contribution in [0.2, 0.25) is 0 Å². The molecule has 2 aliphatic rings. The Morgan fingerprint density at radius 1 is 1.12 bits per heavy atom. The number of alkyl halides is 3. The van der Waals surface area contributed by atoms with Crippen molar-refractivity contribution in [2.24, 2.45) is 0 Å². The molecule has 0 spiro atoms. The van der Waals surface area contributed by atoms with Crippen molar-refractivity contribution in [1.82, 2.24) is 20.0 Å². The van der Waals surface area contributed by atoms with E-state index in [1.54, 1.807) is 0 Å². The lowest BCUT2D eigenvalue weighted by Gasteiger charge is -2.52. The summed E-state index contributed by atoms with van der Waals surface area (Å²) in [6, 6.07) is 2.09. The lowest BCUT2D eigenvalue weighted by atomic mass is 9.87. The third-order valence-corrected chi connectivity index (χ3v) is 11.4. The molecule has 230 valence electrons. The monoisotopic (exact) mass is 622 g/mol. The molecule has 9 nitrogen and oxygen atoms in total. The van der Waals surface area contributed by atoms with Crippen LogP contribution in [0.5, 0.6) is 0 Å². The molecule has 2 aliphatic heterocycles. The molecule has 5 rings (SSSR count). The van der Waals surface area contributed by atoms with E-state index in [1.165, 1.54) is 6.20 Å². The molecule has 42 heavy (non-hydrogen) atoms. The summed E-state index contributed by atoms with van der Waals surface area (Å²) in [6.45, 7) is -0.578. The van der Waals surface area contributed by atoms with Gasteiger partial charge in [0.2, 0.25) is 0 Å². The Morgan fingerprint density at radius 3 is 2.40 bits per heavy atom. The van der Waals surface area contributed by atoms with Crippen LogP contribution in [0.25, 0.3) is 11.3 Å². The van der Waals surface area contributed by atoms with Crippen LogP contribution in [-0.2, 0) is 10.9 Å². The fraction of sp³-hybridized carbons (Fsp3) is 0.500. The molecule has 0 radical (unpaired) electrons. The second kappa shape index (κ2) is 11.7. The zero-order valence-corrected chi connectivity index (χ0v) is 22.7. The number of nitrogens with zero attached hydrogens (tertiary/aromatic N) is 4. The minimum atomic E-state index is -4.82. The van der Waals surface area contributed by atoms with Crippen molar-refractivity contribution in [3.05, 3.63) is 65.4 Å². The topological polar surface area (TPSA) is 134 Å². The Hall–Kier alpha value is -2.76. The summed E-state index contributed by atoms with van der Waals surface area (Å²) in [5.74, 6) is -4.83. The maximum absolute atomic E-state index is 14.1. The Balaban J connectivity index is 1.53. The van der Waals surface area contributed by atoms with E-state index in [2.05, 4.69) is 15.3 Å². The standard InChI is InChI=1S/C26H28F6N4O5S/c27-15-8-13(9-16(28)20(15)29)17-10-36(35-34-17)22-18(38)12-42(19(11-37)23(22)39)24(25(40)3-6-41-7-4-25)21-14(26(30,31)32)2-1-5-33-21/h1-2,5,8-10,18-19,22-24,37-40,42H,3-4,6-7,11-12H2/t18-,19+,22-,23-,24+/m0/s1. The molecule has 1 aromatic carbocycles. The summed E-state index contributed by atoms with van der Waals surface area (Å²) in [6.07, 6.45) is -5.60. The second-order valence-corrected chi connectivity index (χ2v) is 13.0. The molecule has 2 fully saturated rings. The number of benzene rings is 1. The first-order valence-corrected chi connectivity index (χ1v) is 14.6. The minimum Gasteiger partial charge on any atom is -0.395 e. The fourth-order valence-electron chi connectivity index (χ4n) is 5.81. The van der Waals surface area contributed by atoms with Crippen LogP contribution >= 0.6 is 10.9 Å². The van der Waals surface area contributed by atoms with Gasteiger partial charge in [-0.3, -0.25) is 4.98 Å². The first-order chi connectivity index (χ1) is 19.9. The molecule has 2 aromatic heterocycles. The van der Waals surface area contributed by atoms with E-state index in [1.807, 2.05) is 0 Å². The van der Waals surface area contributed by atoms with Gasteiger partial charge < -0.3 is 25.2 Å². The highest BCUT2D eigenvalue weighted by molar-refractivity contribution is 8.18. The van der Waals surface area contributed by atoms with Crippen LogP contribution in [0.1, 0.15) is 35.4 Å². The van der Waals surface area contributed by atoms with Gasteiger partial charge >= 0.3 is 6.18 Å². The third kappa shape index (κ3) is 5.63. The molecular weight excluding hydrogens is 594 g/mol. The quantitative estimate of drug-likeness (QED) is 0.161. The lowest BCUT2D eigenvalue weighted by molar-refractivity contribution is -0.139. The number of hydrogen-bond acceptors (Lipinski definition) is 8. The molecule has 0 saturated carbocycles. The summed E-state index contributed by atoms with van der Waals surface area (Å²) in [4.78, 5) is 4.03. The molecule has 16 heteroatoms. The zero-order chi connectivity index (χ0) is 30.4. The molecular formula is C26H28F6N4O5S. The van der Waals surface area contributed by atoms with Gasteiger partial charge in [-0.2, -0.15) is 13.2 Å². The number of aliphatic hydroxyl groups is 4.